The molecule has 1 aromatic rings. The van der Waals surface area contributed by atoms with Gasteiger partial charge in [0.15, 0.2) is 5.96 Å². The lowest BCUT2D eigenvalue weighted by atomic mass is 10.1. The van der Waals surface area contributed by atoms with Crippen molar-refractivity contribution >= 4 is 29.9 Å². The molecule has 7 nitrogen and oxygen atoms in total. The molecule has 26 heavy (non-hydrogen) atoms. The summed E-state index contributed by atoms with van der Waals surface area (Å²) < 4.78 is 7.79. The van der Waals surface area contributed by atoms with Crippen LogP contribution < -0.4 is 5.32 Å². The number of halogens is 1. The average Bonchev–Trinajstić information content (AvgIpc) is 3.27. The fourth-order valence-corrected chi connectivity index (χ4v) is 3.64. The van der Waals surface area contributed by atoms with Crippen molar-refractivity contribution in [1.29, 1.82) is 0 Å². The molecule has 0 saturated carbocycles. The first kappa shape index (κ1) is 21.4. The van der Waals surface area contributed by atoms with Crippen LogP contribution in [0.3, 0.4) is 0 Å². The van der Waals surface area contributed by atoms with Crippen LogP contribution in [0.5, 0.6) is 0 Å². The van der Waals surface area contributed by atoms with Crippen molar-refractivity contribution in [2.75, 3.05) is 52.4 Å². The molecule has 2 unspecified atom stereocenters. The normalized spacial score (nSPS) is 24.6. The summed E-state index contributed by atoms with van der Waals surface area (Å²) in [5.41, 5.74) is 1.14. The molecule has 1 aromatic heterocycles. The zero-order valence-corrected chi connectivity index (χ0v) is 18.6. The maximum Gasteiger partial charge on any atom is 0.194 e. The van der Waals surface area contributed by atoms with Crippen molar-refractivity contribution in [3.63, 3.8) is 0 Å². The third-order valence-corrected chi connectivity index (χ3v) is 5.11. The number of ether oxygens (including phenoxy) is 1. The lowest BCUT2D eigenvalue weighted by Crippen LogP contribution is -2.48. The minimum atomic E-state index is 0. The Hall–Kier alpha value is -0.870. The summed E-state index contributed by atoms with van der Waals surface area (Å²) in [7, 11) is 1.94. The van der Waals surface area contributed by atoms with Gasteiger partial charge in [0, 0.05) is 45.0 Å². The monoisotopic (exact) mass is 476 g/mol. The summed E-state index contributed by atoms with van der Waals surface area (Å²) in [6.45, 7) is 12.1. The number of nitrogens with one attached hydrogen (secondary N) is 1. The standard InChI is InChI=1S/C18H32N6O.HI/c1-4-19-18(20-10-15-6-7-23(5-2)12-15)24-8-9-25-17(14-24)16-11-21-22(3)13-16;/h11,13,15,17H,4-10,12,14H2,1-3H3,(H,19,20);1H. The van der Waals surface area contributed by atoms with Crippen molar-refractivity contribution in [3.8, 4) is 0 Å². The number of nitrogens with zero attached hydrogens (tertiary/aromatic N) is 5. The molecule has 2 atom stereocenters. The van der Waals surface area contributed by atoms with Gasteiger partial charge >= 0.3 is 0 Å². The lowest BCUT2D eigenvalue weighted by Gasteiger charge is -2.35. The number of likely N-dealkylation sites (tertiary alicyclic amines) is 1. The molecule has 148 valence electrons. The second-order valence-corrected chi connectivity index (χ2v) is 7.00. The van der Waals surface area contributed by atoms with Gasteiger partial charge in [-0.25, -0.2) is 0 Å². The van der Waals surface area contributed by atoms with Gasteiger partial charge in [-0.3, -0.25) is 9.67 Å². The minimum absolute atomic E-state index is 0. The quantitative estimate of drug-likeness (QED) is 0.399. The molecule has 0 amide bonds. The lowest BCUT2D eigenvalue weighted by molar-refractivity contribution is -0.00806. The topological polar surface area (TPSA) is 57.9 Å². The van der Waals surface area contributed by atoms with Crippen LogP contribution in [0, 0.1) is 5.92 Å². The maximum atomic E-state index is 5.96. The largest absolute Gasteiger partial charge is 0.370 e. The first-order valence-corrected chi connectivity index (χ1v) is 9.55. The van der Waals surface area contributed by atoms with Gasteiger partial charge in [0.1, 0.15) is 6.10 Å². The van der Waals surface area contributed by atoms with Crippen LogP contribution in [-0.2, 0) is 11.8 Å². The highest BCUT2D eigenvalue weighted by molar-refractivity contribution is 14.0. The highest BCUT2D eigenvalue weighted by Crippen LogP contribution is 2.22. The molecular weight excluding hydrogens is 443 g/mol. The first-order valence-electron chi connectivity index (χ1n) is 9.55. The van der Waals surface area contributed by atoms with E-state index in [-0.39, 0.29) is 30.1 Å². The summed E-state index contributed by atoms with van der Waals surface area (Å²) >= 11 is 0. The second kappa shape index (κ2) is 10.5. The average molecular weight is 476 g/mol. The van der Waals surface area contributed by atoms with Crippen LogP contribution in [0.2, 0.25) is 0 Å². The summed E-state index contributed by atoms with van der Waals surface area (Å²) in [5.74, 6) is 1.71. The molecule has 3 heterocycles. The van der Waals surface area contributed by atoms with E-state index in [9.17, 15) is 0 Å². The van der Waals surface area contributed by atoms with Crippen LogP contribution in [0.15, 0.2) is 17.4 Å². The fraction of sp³-hybridized carbons (Fsp3) is 0.778. The first-order chi connectivity index (χ1) is 12.2. The Bertz CT molecular complexity index is 578. The highest BCUT2D eigenvalue weighted by Gasteiger charge is 2.26. The number of aryl methyl sites for hydroxylation is 1. The molecule has 2 aliphatic rings. The van der Waals surface area contributed by atoms with Crippen molar-refractivity contribution in [3.05, 3.63) is 18.0 Å². The molecule has 0 bridgehead atoms. The van der Waals surface area contributed by atoms with Crippen LogP contribution in [0.1, 0.15) is 31.9 Å². The Morgan fingerprint density at radius 2 is 2.19 bits per heavy atom. The van der Waals surface area contributed by atoms with Crippen molar-refractivity contribution in [1.82, 2.24) is 24.9 Å². The van der Waals surface area contributed by atoms with Gasteiger partial charge in [0.2, 0.25) is 0 Å². The molecule has 0 spiro atoms. The molecule has 0 radical (unpaired) electrons. The SMILES string of the molecule is CCNC(=NCC1CCN(CC)C1)N1CCOC(c2cnn(C)c2)C1.I. The van der Waals surface area contributed by atoms with Crippen molar-refractivity contribution in [2.45, 2.75) is 26.4 Å². The number of guanidine groups is 1. The predicted octanol–water partition coefficient (Wildman–Crippen LogP) is 1.72. The van der Waals surface area contributed by atoms with Crippen LogP contribution >= 0.6 is 24.0 Å². The number of aromatic nitrogens is 2. The zero-order chi connectivity index (χ0) is 17.6. The molecule has 3 rings (SSSR count). The molecular formula is C18H33IN6O. The Balaban J connectivity index is 0.00000243. The molecule has 8 heteroatoms. The number of morpholine rings is 1. The number of hydrogen-bond acceptors (Lipinski definition) is 4. The van der Waals surface area contributed by atoms with E-state index >= 15 is 0 Å². The molecule has 0 aliphatic carbocycles. The summed E-state index contributed by atoms with van der Waals surface area (Å²) in [6, 6.07) is 0. The van der Waals surface area contributed by atoms with E-state index < -0.39 is 0 Å². The van der Waals surface area contributed by atoms with E-state index in [4.69, 9.17) is 9.73 Å². The second-order valence-electron chi connectivity index (χ2n) is 7.00. The van der Waals surface area contributed by atoms with Gasteiger partial charge in [-0.1, -0.05) is 6.92 Å². The number of aliphatic imine (C=N–C) groups is 1. The Morgan fingerprint density at radius 1 is 1.35 bits per heavy atom. The fourth-order valence-electron chi connectivity index (χ4n) is 3.64. The predicted molar refractivity (Wildman–Crippen MR) is 115 cm³/mol. The number of hydrogen-bond donors (Lipinski definition) is 1. The summed E-state index contributed by atoms with van der Waals surface area (Å²) in [4.78, 5) is 9.79. The van der Waals surface area contributed by atoms with Gasteiger partial charge in [0.25, 0.3) is 0 Å². The highest BCUT2D eigenvalue weighted by atomic mass is 127. The Kier molecular flexibility index (Phi) is 8.62. The van der Waals surface area contributed by atoms with Crippen LogP contribution in [0.4, 0.5) is 0 Å². The van der Waals surface area contributed by atoms with E-state index in [0.717, 1.165) is 50.9 Å². The number of rotatable bonds is 5. The van der Waals surface area contributed by atoms with Gasteiger partial charge in [-0.2, -0.15) is 5.10 Å². The summed E-state index contributed by atoms with van der Waals surface area (Å²) in [5, 5.41) is 7.73. The zero-order valence-electron chi connectivity index (χ0n) is 16.2. The van der Waals surface area contributed by atoms with Crippen LogP contribution in [-0.4, -0.2) is 78.0 Å². The smallest absolute Gasteiger partial charge is 0.194 e. The molecule has 2 fully saturated rings. The van der Waals surface area contributed by atoms with Crippen LogP contribution in [0.25, 0.3) is 0 Å². The molecule has 0 aromatic carbocycles. The Labute approximate surface area is 174 Å². The van der Waals surface area contributed by atoms with Gasteiger partial charge < -0.3 is 19.9 Å². The summed E-state index contributed by atoms with van der Waals surface area (Å²) in [6.07, 6.45) is 5.26. The van der Waals surface area contributed by atoms with E-state index in [0.29, 0.717) is 5.92 Å². The molecule has 1 N–H and O–H groups in total. The van der Waals surface area contributed by atoms with E-state index in [2.05, 4.69) is 34.1 Å². The molecule has 2 aliphatic heterocycles. The van der Waals surface area contributed by atoms with Gasteiger partial charge in [0.05, 0.1) is 19.3 Å². The third kappa shape index (κ3) is 5.56. The van der Waals surface area contributed by atoms with Gasteiger partial charge in [-0.05, 0) is 32.4 Å². The maximum absolute atomic E-state index is 5.96. The third-order valence-electron chi connectivity index (χ3n) is 5.11. The van der Waals surface area contributed by atoms with E-state index in [1.54, 1.807) is 0 Å². The van der Waals surface area contributed by atoms with E-state index in [1.165, 1.54) is 19.5 Å². The molecule has 2 saturated heterocycles. The van der Waals surface area contributed by atoms with Crippen molar-refractivity contribution < 1.29 is 4.74 Å². The van der Waals surface area contributed by atoms with Crippen molar-refractivity contribution in [2.24, 2.45) is 18.0 Å². The Morgan fingerprint density at radius 3 is 2.85 bits per heavy atom. The van der Waals surface area contributed by atoms with Gasteiger partial charge in [-0.15, -0.1) is 24.0 Å². The minimum Gasteiger partial charge on any atom is -0.370 e. The van der Waals surface area contributed by atoms with E-state index in [1.807, 2.05) is 24.1 Å².